The molecule has 0 unspecified atom stereocenters. The third-order valence-corrected chi connectivity index (χ3v) is 0.507. The van der Waals surface area contributed by atoms with Gasteiger partial charge in [-0.3, -0.25) is 0 Å². The number of allylic oxidation sites excluding steroid dienone is 1. The summed E-state index contributed by atoms with van der Waals surface area (Å²) in [4.78, 5) is 0. The van der Waals surface area contributed by atoms with Gasteiger partial charge in [-0.05, 0) is 11.5 Å². The number of nitrogens with two attached hydrogens (primary N) is 1. The van der Waals surface area contributed by atoms with Crippen molar-refractivity contribution in [2.75, 3.05) is 0 Å². The highest BCUT2D eigenvalue weighted by molar-refractivity contribution is 5.17. The Bertz CT molecular complexity index is 182. The second-order valence-corrected chi connectivity index (χ2v) is 0.994. The van der Waals surface area contributed by atoms with Gasteiger partial charge in [0, 0.05) is 6.08 Å². The van der Waals surface area contributed by atoms with E-state index in [9.17, 15) is 0 Å². The van der Waals surface area contributed by atoms with Crippen molar-refractivity contribution < 1.29 is 0 Å². The largest absolute Gasteiger partial charge is 0.391 e. The van der Waals surface area contributed by atoms with E-state index < -0.39 is 0 Å². The van der Waals surface area contributed by atoms with Crippen molar-refractivity contribution in [2.24, 2.45) is 5.73 Å². The summed E-state index contributed by atoms with van der Waals surface area (Å²) in [7, 11) is 0. The summed E-state index contributed by atoms with van der Waals surface area (Å²) >= 11 is 0. The van der Waals surface area contributed by atoms with E-state index in [1.54, 1.807) is 6.08 Å². The predicted molar refractivity (Wildman–Crippen MR) is 22.8 cm³/mol. The molecule has 1 rings (SSSR count). The molecular formula is C5H3N. The van der Waals surface area contributed by atoms with Gasteiger partial charge in [-0.2, -0.15) is 0 Å². The van der Waals surface area contributed by atoms with Crippen molar-refractivity contribution in [3.05, 3.63) is 29.0 Å². The first-order chi connectivity index (χ1) is 2.89. The molecule has 1 nitrogen and oxygen atoms in total. The van der Waals surface area contributed by atoms with E-state index in [1.165, 1.54) is 0 Å². The Hall–Kier alpha value is -1.12. The van der Waals surface area contributed by atoms with Crippen molar-refractivity contribution in [1.29, 1.82) is 0 Å². The molecule has 0 amide bonds. The van der Waals surface area contributed by atoms with Crippen LogP contribution in [-0.2, 0) is 0 Å². The summed E-state index contributed by atoms with van der Waals surface area (Å²) in [6, 6.07) is 0. The van der Waals surface area contributed by atoms with Gasteiger partial charge >= 0.3 is 0 Å². The average molecular weight is 77.1 g/mol. The molecule has 6 heavy (non-hydrogen) atoms. The lowest BCUT2D eigenvalue weighted by molar-refractivity contribution is 1.46. The molecule has 1 heteroatoms. The molecule has 1 aliphatic carbocycles. The monoisotopic (exact) mass is 77.0 g/mol. The zero-order valence-electron chi connectivity index (χ0n) is 3.15. The van der Waals surface area contributed by atoms with Crippen molar-refractivity contribution in [3.63, 3.8) is 0 Å². The van der Waals surface area contributed by atoms with Crippen LogP contribution < -0.4 is 5.73 Å². The molecule has 28 valence electrons. The molecule has 2 N–H and O–H groups in total. The molecule has 1 aliphatic rings. The van der Waals surface area contributed by atoms with Gasteiger partial charge in [0.1, 0.15) is 0 Å². The van der Waals surface area contributed by atoms with Crippen LogP contribution in [0.1, 0.15) is 0 Å². The van der Waals surface area contributed by atoms with Gasteiger partial charge in [-0.1, -0.05) is 5.73 Å². The number of hydrogen-bond donors (Lipinski definition) is 1. The SMILES string of the molecule is NC1=C=C=C=C1. The summed E-state index contributed by atoms with van der Waals surface area (Å²) in [5.41, 5.74) is 13.5. The van der Waals surface area contributed by atoms with Crippen molar-refractivity contribution >= 4 is 0 Å². The van der Waals surface area contributed by atoms with Crippen molar-refractivity contribution in [3.8, 4) is 0 Å². The van der Waals surface area contributed by atoms with E-state index in [4.69, 9.17) is 5.73 Å². The smallest absolute Gasteiger partial charge is 0.0922 e. The lowest BCUT2D eigenvalue weighted by Gasteiger charge is -1.69. The van der Waals surface area contributed by atoms with Crippen LogP contribution in [-0.4, -0.2) is 0 Å². The molecule has 0 fully saturated rings. The molecule has 0 atom stereocenters. The highest BCUT2D eigenvalue weighted by Gasteiger charge is 1.74. The highest BCUT2D eigenvalue weighted by atomic mass is 14.5. The van der Waals surface area contributed by atoms with E-state index in [2.05, 4.69) is 17.2 Å². The van der Waals surface area contributed by atoms with Crippen LogP contribution in [0.3, 0.4) is 0 Å². The Balaban J connectivity index is 3.24. The maximum absolute atomic E-state index is 5.16. The number of hydrogen-bond acceptors (Lipinski definition) is 1. The van der Waals surface area contributed by atoms with E-state index >= 15 is 0 Å². The van der Waals surface area contributed by atoms with Crippen molar-refractivity contribution in [1.82, 2.24) is 0 Å². The van der Waals surface area contributed by atoms with E-state index in [0.717, 1.165) is 0 Å². The van der Waals surface area contributed by atoms with Crippen LogP contribution in [0.15, 0.2) is 29.0 Å². The van der Waals surface area contributed by atoms with E-state index in [0.29, 0.717) is 5.70 Å². The van der Waals surface area contributed by atoms with Crippen LogP contribution in [0, 0.1) is 0 Å². The van der Waals surface area contributed by atoms with E-state index in [1.807, 2.05) is 0 Å². The molecule has 0 aromatic rings. The topological polar surface area (TPSA) is 26.0 Å². The second kappa shape index (κ2) is 0.931. The van der Waals surface area contributed by atoms with Crippen LogP contribution in [0.5, 0.6) is 0 Å². The van der Waals surface area contributed by atoms with Gasteiger partial charge in [-0.15, -0.1) is 0 Å². The highest BCUT2D eigenvalue weighted by Crippen LogP contribution is 1.82. The molecule has 0 saturated carbocycles. The van der Waals surface area contributed by atoms with Gasteiger partial charge < -0.3 is 5.73 Å². The van der Waals surface area contributed by atoms with Gasteiger partial charge in [0.15, 0.2) is 0 Å². The maximum Gasteiger partial charge on any atom is 0.0922 e. The van der Waals surface area contributed by atoms with Crippen LogP contribution >= 0.6 is 0 Å². The summed E-state index contributed by atoms with van der Waals surface area (Å²) in [6.45, 7) is 0. The predicted octanol–water partition coefficient (Wildman–Crippen LogP) is 0.308. The fraction of sp³-hybridized carbons (Fsp3) is 0. The Labute approximate surface area is 35.8 Å². The zero-order chi connectivity index (χ0) is 4.41. The quantitative estimate of drug-likeness (QED) is 0.414. The molecule has 0 spiro atoms. The van der Waals surface area contributed by atoms with Crippen LogP contribution in [0.4, 0.5) is 0 Å². The molecule has 0 saturated heterocycles. The first kappa shape index (κ1) is 3.08. The molecule has 0 aromatic carbocycles. The van der Waals surface area contributed by atoms with Gasteiger partial charge in [0.2, 0.25) is 0 Å². The summed E-state index contributed by atoms with van der Waals surface area (Å²) in [5.74, 6) is 0. The molecule has 0 bridgehead atoms. The lowest BCUT2D eigenvalue weighted by Crippen LogP contribution is -1.86. The van der Waals surface area contributed by atoms with Gasteiger partial charge in [0.25, 0.3) is 0 Å². The first-order valence-corrected chi connectivity index (χ1v) is 1.62. The summed E-state index contributed by atoms with van der Waals surface area (Å²) in [6.07, 6.45) is 1.62. The third-order valence-electron chi connectivity index (χ3n) is 0.507. The van der Waals surface area contributed by atoms with E-state index in [-0.39, 0.29) is 0 Å². The zero-order valence-corrected chi connectivity index (χ0v) is 3.15. The fourth-order valence-corrected chi connectivity index (χ4v) is 0.258. The fourth-order valence-electron chi connectivity index (χ4n) is 0.258. The second-order valence-electron chi connectivity index (χ2n) is 0.994. The minimum absolute atomic E-state index is 0.606. The lowest BCUT2D eigenvalue weighted by atomic mass is 10.5. The Morgan fingerprint density at radius 3 is 2.67 bits per heavy atom. The first-order valence-electron chi connectivity index (χ1n) is 1.62. The van der Waals surface area contributed by atoms with Gasteiger partial charge in [-0.25, -0.2) is 0 Å². The Morgan fingerprint density at radius 2 is 2.50 bits per heavy atom. The minimum atomic E-state index is 0.606. The normalized spacial score (nSPS) is 13.0. The van der Waals surface area contributed by atoms with Crippen LogP contribution in [0.25, 0.3) is 0 Å². The molecular weight excluding hydrogens is 74.1 g/mol. The minimum Gasteiger partial charge on any atom is -0.391 e. The van der Waals surface area contributed by atoms with Crippen molar-refractivity contribution in [2.45, 2.75) is 0 Å². The summed E-state index contributed by atoms with van der Waals surface area (Å²) in [5, 5.41) is 0. The Morgan fingerprint density at radius 1 is 1.67 bits per heavy atom. The third kappa shape index (κ3) is 0.294. The van der Waals surface area contributed by atoms with Gasteiger partial charge in [0.05, 0.1) is 5.70 Å². The maximum atomic E-state index is 5.16. The Kier molecular flexibility index (Phi) is 0.479. The molecule has 0 aromatic heterocycles. The average Bonchev–Trinajstić information content (AvgIpc) is 1.86. The number of rotatable bonds is 0. The van der Waals surface area contributed by atoms with Crippen LogP contribution in [0.2, 0.25) is 0 Å². The standard InChI is InChI=1S/C5H3N/c6-5-3-1-2-4-5/h3H,6H2. The molecule has 0 heterocycles. The molecule has 0 radical (unpaired) electrons. The summed E-state index contributed by atoms with van der Waals surface area (Å²) < 4.78 is 0. The molecule has 0 aliphatic heterocycles.